The van der Waals surface area contributed by atoms with Gasteiger partial charge < -0.3 is 4.74 Å². The molecule has 0 radical (unpaired) electrons. The second-order valence-corrected chi connectivity index (χ2v) is 6.06. The molecule has 0 bridgehead atoms. The van der Waals surface area contributed by atoms with Crippen LogP contribution in [0.15, 0.2) is 77.9 Å². The van der Waals surface area contributed by atoms with Gasteiger partial charge in [0.1, 0.15) is 11.5 Å². The molecular weight excluding hydrogens is 371 g/mol. The average molecular weight is 385 g/mol. The minimum absolute atomic E-state index is 0.360. The molecule has 0 saturated carbocycles. The summed E-state index contributed by atoms with van der Waals surface area (Å²) in [5.41, 5.74) is 3.35. The number of nitrogens with zero attached hydrogens (tertiary/aromatic N) is 1. The number of halogens is 2. The molecule has 26 heavy (non-hydrogen) atoms. The Morgan fingerprint density at radius 1 is 0.885 bits per heavy atom. The molecule has 0 atom stereocenters. The van der Waals surface area contributed by atoms with E-state index in [2.05, 4.69) is 10.5 Å². The fourth-order valence-electron chi connectivity index (χ4n) is 2.21. The van der Waals surface area contributed by atoms with Crippen LogP contribution in [0.3, 0.4) is 0 Å². The molecule has 130 valence electrons. The number of hydrogen-bond acceptors (Lipinski definition) is 3. The zero-order valence-corrected chi connectivity index (χ0v) is 15.0. The molecule has 0 heterocycles. The molecule has 3 aromatic rings. The molecular formula is C20H14Cl2N2O2. The predicted octanol–water partition coefficient (Wildman–Crippen LogP) is 5.55. The number of ether oxygens (including phenoxy) is 1. The molecule has 0 spiro atoms. The predicted molar refractivity (Wildman–Crippen MR) is 104 cm³/mol. The Labute approximate surface area is 161 Å². The van der Waals surface area contributed by atoms with Crippen molar-refractivity contribution in [1.29, 1.82) is 0 Å². The molecule has 0 aliphatic carbocycles. The van der Waals surface area contributed by atoms with E-state index in [9.17, 15) is 4.79 Å². The second-order valence-electron chi connectivity index (χ2n) is 5.25. The first-order valence-electron chi connectivity index (χ1n) is 7.74. The largest absolute Gasteiger partial charge is 0.457 e. The minimum Gasteiger partial charge on any atom is -0.457 e. The van der Waals surface area contributed by atoms with Gasteiger partial charge in [0.25, 0.3) is 5.91 Å². The van der Waals surface area contributed by atoms with Crippen LogP contribution in [0.5, 0.6) is 11.5 Å². The van der Waals surface area contributed by atoms with Crippen molar-refractivity contribution in [1.82, 2.24) is 5.43 Å². The molecule has 0 aliphatic heterocycles. The van der Waals surface area contributed by atoms with E-state index >= 15 is 0 Å². The van der Waals surface area contributed by atoms with Crippen LogP contribution in [0.2, 0.25) is 10.0 Å². The van der Waals surface area contributed by atoms with Crippen molar-refractivity contribution in [2.45, 2.75) is 0 Å². The maximum atomic E-state index is 12.4. The zero-order valence-electron chi connectivity index (χ0n) is 13.5. The number of hydrogen-bond donors (Lipinski definition) is 1. The van der Waals surface area contributed by atoms with Gasteiger partial charge in [0, 0.05) is 5.56 Å². The monoisotopic (exact) mass is 384 g/mol. The first-order chi connectivity index (χ1) is 12.6. The lowest BCUT2D eigenvalue weighted by atomic mass is 10.2. The lowest BCUT2D eigenvalue weighted by molar-refractivity contribution is 0.0953. The maximum Gasteiger partial charge on any atom is 0.275 e. The van der Waals surface area contributed by atoms with E-state index in [-0.39, 0.29) is 0 Å². The molecule has 1 amide bonds. The molecule has 3 aromatic carbocycles. The fourth-order valence-corrected chi connectivity index (χ4v) is 2.70. The molecule has 0 fully saturated rings. The van der Waals surface area contributed by atoms with Gasteiger partial charge in [-0.15, -0.1) is 0 Å². The summed E-state index contributed by atoms with van der Waals surface area (Å²) in [6.07, 6.45) is 1.41. The minimum atomic E-state index is -0.407. The number of benzene rings is 3. The summed E-state index contributed by atoms with van der Waals surface area (Å²) in [4.78, 5) is 12.4. The molecule has 0 saturated heterocycles. The van der Waals surface area contributed by atoms with Gasteiger partial charge in [0.05, 0.1) is 21.8 Å². The smallest absolute Gasteiger partial charge is 0.275 e. The number of amides is 1. The molecule has 0 aliphatic rings. The van der Waals surface area contributed by atoms with E-state index in [4.69, 9.17) is 27.9 Å². The highest BCUT2D eigenvalue weighted by Crippen LogP contribution is 2.25. The molecule has 1 N–H and O–H groups in total. The summed E-state index contributed by atoms with van der Waals surface area (Å²) in [5, 5.41) is 4.83. The van der Waals surface area contributed by atoms with Crippen LogP contribution < -0.4 is 10.2 Å². The first-order valence-corrected chi connectivity index (χ1v) is 8.50. The van der Waals surface area contributed by atoms with Crippen LogP contribution in [0.4, 0.5) is 0 Å². The Balaban J connectivity index is 1.75. The van der Waals surface area contributed by atoms with Crippen LogP contribution in [-0.2, 0) is 0 Å². The number of para-hydroxylation sites is 2. The molecule has 0 aromatic heterocycles. The van der Waals surface area contributed by atoms with Crippen LogP contribution in [-0.4, -0.2) is 12.1 Å². The summed E-state index contributed by atoms with van der Waals surface area (Å²) < 4.78 is 5.78. The Morgan fingerprint density at radius 3 is 2.27 bits per heavy atom. The fraction of sp³-hybridized carbons (Fsp3) is 0. The SMILES string of the molecule is O=C(N/N=C/c1c(Cl)cccc1Cl)c1ccccc1Oc1ccccc1. The molecule has 6 heteroatoms. The molecule has 4 nitrogen and oxygen atoms in total. The third kappa shape index (κ3) is 4.42. The van der Waals surface area contributed by atoms with Crippen molar-refractivity contribution in [2.24, 2.45) is 5.10 Å². The van der Waals surface area contributed by atoms with Crippen molar-refractivity contribution in [3.05, 3.63) is 94.0 Å². The zero-order chi connectivity index (χ0) is 18.4. The average Bonchev–Trinajstić information content (AvgIpc) is 2.65. The van der Waals surface area contributed by atoms with Crippen molar-refractivity contribution >= 4 is 35.3 Å². The van der Waals surface area contributed by atoms with Crippen LogP contribution in [0.1, 0.15) is 15.9 Å². The quantitative estimate of drug-likeness (QED) is 0.463. The third-order valence-electron chi connectivity index (χ3n) is 3.46. The Kier molecular flexibility index (Phi) is 5.89. The van der Waals surface area contributed by atoms with Crippen LogP contribution in [0, 0.1) is 0 Å². The van der Waals surface area contributed by atoms with E-state index in [0.29, 0.717) is 32.7 Å². The van der Waals surface area contributed by atoms with Crippen molar-refractivity contribution in [3.8, 4) is 11.5 Å². The van der Waals surface area contributed by atoms with Crippen molar-refractivity contribution in [2.75, 3.05) is 0 Å². The Hall–Kier alpha value is -2.82. The number of rotatable bonds is 5. The van der Waals surface area contributed by atoms with Gasteiger partial charge in [-0.2, -0.15) is 5.10 Å². The second kappa shape index (κ2) is 8.52. The summed E-state index contributed by atoms with van der Waals surface area (Å²) in [7, 11) is 0. The van der Waals surface area contributed by atoms with Crippen LogP contribution >= 0.6 is 23.2 Å². The van der Waals surface area contributed by atoms with Crippen molar-refractivity contribution in [3.63, 3.8) is 0 Å². The van der Waals surface area contributed by atoms with E-state index in [1.54, 1.807) is 42.5 Å². The summed E-state index contributed by atoms with van der Waals surface area (Å²) in [5.74, 6) is 0.664. The number of carbonyl (C=O) groups is 1. The van der Waals surface area contributed by atoms with E-state index < -0.39 is 5.91 Å². The normalized spacial score (nSPS) is 10.7. The van der Waals surface area contributed by atoms with Gasteiger partial charge in [-0.1, -0.05) is 59.6 Å². The summed E-state index contributed by atoms with van der Waals surface area (Å²) in [6, 6.07) is 21.3. The van der Waals surface area contributed by atoms with E-state index in [1.165, 1.54) is 6.21 Å². The lowest BCUT2D eigenvalue weighted by Crippen LogP contribution is -2.18. The highest BCUT2D eigenvalue weighted by Gasteiger charge is 2.12. The van der Waals surface area contributed by atoms with Gasteiger partial charge in [-0.3, -0.25) is 4.79 Å². The van der Waals surface area contributed by atoms with Gasteiger partial charge in [-0.25, -0.2) is 5.43 Å². The Morgan fingerprint density at radius 2 is 1.54 bits per heavy atom. The highest BCUT2D eigenvalue weighted by atomic mass is 35.5. The topological polar surface area (TPSA) is 50.7 Å². The van der Waals surface area contributed by atoms with Gasteiger partial charge in [0.15, 0.2) is 0 Å². The number of nitrogens with one attached hydrogen (secondary N) is 1. The number of carbonyl (C=O) groups excluding carboxylic acids is 1. The highest BCUT2D eigenvalue weighted by molar-refractivity contribution is 6.38. The van der Waals surface area contributed by atoms with Crippen LogP contribution in [0.25, 0.3) is 0 Å². The van der Waals surface area contributed by atoms with E-state index in [0.717, 1.165) is 0 Å². The van der Waals surface area contributed by atoms with Crippen molar-refractivity contribution < 1.29 is 9.53 Å². The van der Waals surface area contributed by atoms with Gasteiger partial charge >= 0.3 is 0 Å². The standard InChI is InChI=1S/C20H14Cl2N2O2/c21-17-10-6-11-18(22)16(17)13-23-24-20(25)15-9-4-5-12-19(15)26-14-7-2-1-3-8-14/h1-13H,(H,24,25)/b23-13+. The van der Waals surface area contributed by atoms with Gasteiger partial charge in [0.2, 0.25) is 0 Å². The summed E-state index contributed by atoms with van der Waals surface area (Å²) >= 11 is 12.1. The third-order valence-corrected chi connectivity index (χ3v) is 4.12. The molecule has 0 unspecified atom stereocenters. The van der Waals surface area contributed by atoms with Gasteiger partial charge in [-0.05, 0) is 36.4 Å². The maximum absolute atomic E-state index is 12.4. The Bertz CT molecular complexity index is 923. The number of hydrazone groups is 1. The lowest BCUT2D eigenvalue weighted by Gasteiger charge is -2.09. The van der Waals surface area contributed by atoms with E-state index in [1.807, 2.05) is 30.3 Å². The summed E-state index contributed by atoms with van der Waals surface area (Å²) in [6.45, 7) is 0. The first kappa shape index (κ1) is 18.0. The molecule has 3 rings (SSSR count).